The second-order valence-corrected chi connectivity index (χ2v) is 4.30. The third kappa shape index (κ3) is 2.29. The van der Waals surface area contributed by atoms with Gasteiger partial charge in [-0.3, -0.25) is 0 Å². The Hall–Kier alpha value is -2.01. The first kappa shape index (κ1) is 13.4. The molecule has 5 nitrogen and oxygen atoms in total. The summed E-state index contributed by atoms with van der Waals surface area (Å²) in [4.78, 5) is 4.58. The van der Waals surface area contributed by atoms with Crippen LogP contribution in [-0.2, 0) is 13.6 Å². The van der Waals surface area contributed by atoms with Crippen molar-refractivity contribution in [2.45, 2.75) is 13.5 Å². The van der Waals surface area contributed by atoms with Crippen LogP contribution in [0.2, 0.25) is 0 Å². The van der Waals surface area contributed by atoms with E-state index in [0.29, 0.717) is 6.54 Å². The molecule has 0 unspecified atom stereocenters. The van der Waals surface area contributed by atoms with Gasteiger partial charge in [0.15, 0.2) is 0 Å². The van der Waals surface area contributed by atoms with Gasteiger partial charge in [0.25, 0.3) is 0 Å². The van der Waals surface area contributed by atoms with Crippen LogP contribution in [0.5, 0.6) is 11.5 Å². The predicted octanol–water partition coefficient (Wildman–Crippen LogP) is 1.87. The van der Waals surface area contributed by atoms with Gasteiger partial charge < -0.3 is 19.8 Å². The standard InChI is InChI=1S/C14H19N3O2/c1-9-12(8-15)17(2)14(16-9)11-6-5-10(18-3)7-13(11)19-4/h5-7H,8,15H2,1-4H3. The fraction of sp³-hybridized carbons (Fsp3) is 0.357. The fourth-order valence-corrected chi connectivity index (χ4v) is 2.18. The second-order valence-electron chi connectivity index (χ2n) is 4.30. The number of aryl methyl sites for hydroxylation is 1. The minimum absolute atomic E-state index is 0.466. The number of rotatable bonds is 4. The maximum absolute atomic E-state index is 5.75. The van der Waals surface area contributed by atoms with Crippen molar-refractivity contribution in [3.63, 3.8) is 0 Å². The minimum atomic E-state index is 0.466. The van der Waals surface area contributed by atoms with Gasteiger partial charge in [-0.1, -0.05) is 0 Å². The van der Waals surface area contributed by atoms with Gasteiger partial charge in [0.2, 0.25) is 0 Å². The Labute approximate surface area is 113 Å². The van der Waals surface area contributed by atoms with Crippen LogP contribution in [0.1, 0.15) is 11.4 Å². The molecule has 0 fully saturated rings. The average molecular weight is 261 g/mol. The van der Waals surface area contributed by atoms with E-state index in [9.17, 15) is 0 Å². The molecule has 1 heterocycles. The summed E-state index contributed by atoms with van der Waals surface area (Å²) in [6.07, 6.45) is 0. The lowest BCUT2D eigenvalue weighted by molar-refractivity contribution is 0.395. The zero-order valence-electron chi connectivity index (χ0n) is 11.7. The number of aromatic nitrogens is 2. The molecule has 19 heavy (non-hydrogen) atoms. The van der Waals surface area contributed by atoms with Crippen LogP contribution in [0, 0.1) is 6.92 Å². The summed E-state index contributed by atoms with van der Waals surface area (Å²) < 4.78 is 12.6. The summed E-state index contributed by atoms with van der Waals surface area (Å²) >= 11 is 0. The monoisotopic (exact) mass is 261 g/mol. The summed E-state index contributed by atoms with van der Waals surface area (Å²) in [5, 5.41) is 0. The van der Waals surface area contributed by atoms with Crippen molar-refractivity contribution >= 4 is 0 Å². The molecule has 1 aromatic heterocycles. The second kappa shape index (κ2) is 5.32. The first-order chi connectivity index (χ1) is 9.12. The summed E-state index contributed by atoms with van der Waals surface area (Å²) in [6, 6.07) is 5.69. The lowest BCUT2D eigenvalue weighted by Crippen LogP contribution is -2.05. The lowest BCUT2D eigenvalue weighted by Gasteiger charge is -2.11. The molecule has 0 bridgehead atoms. The van der Waals surface area contributed by atoms with E-state index in [2.05, 4.69) is 4.98 Å². The van der Waals surface area contributed by atoms with Crippen molar-refractivity contribution in [3.8, 4) is 22.9 Å². The van der Waals surface area contributed by atoms with Gasteiger partial charge in [-0.2, -0.15) is 0 Å². The molecular formula is C14H19N3O2. The van der Waals surface area contributed by atoms with Gasteiger partial charge in [0.05, 0.1) is 31.2 Å². The van der Waals surface area contributed by atoms with Crippen LogP contribution in [0.25, 0.3) is 11.4 Å². The molecule has 0 saturated carbocycles. The van der Waals surface area contributed by atoms with Crippen LogP contribution in [0.15, 0.2) is 18.2 Å². The van der Waals surface area contributed by atoms with Crippen LogP contribution < -0.4 is 15.2 Å². The highest BCUT2D eigenvalue weighted by molar-refractivity contribution is 5.67. The van der Waals surface area contributed by atoms with Crippen molar-refractivity contribution in [2.24, 2.45) is 12.8 Å². The summed E-state index contributed by atoms with van der Waals surface area (Å²) in [5.74, 6) is 2.33. The number of benzene rings is 1. The molecule has 0 amide bonds. The summed E-state index contributed by atoms with van der Waals surface area (Å²) in [5.41, 5.74) is 8.64. The number of imidazole rings is 1. The van der Waals surface area contributed by atoms with Gasteiger partial charge in [-0.05, 0) is 19.1 Å². The molecule has 0 aliphatic carbocycles. The fourth-order valence-electron chi connectivity index (χ4n) is 2.18. The Morgan fingerprint density at radius 3 is 2.53 bits per heavy atom. The Morgan fingerprint density at radius 1 is 1.26 bits per heavy atom. The first-order valence-corrected chi connectivity index (χ1v) is 6.07. The maximum atomic E-state index is 5.75. The molecule has 0 spiro atoms. The third-order valence-corrected chi connectivity index (χ3v) is 3.26. The maximum Gasteiger partial charge on any atom is 0.143 e. The van der Waals surface area contributed by atoms with E-state index in [1.165, 1.54) is 0 Å². The van der Waals surface area contributed by atoms with Crippen molar-refractivity contribution < 1.29 is 9.47 Å². The van der Waals surface area contributed by atoms with E-state index in [4.69, 9.17) is 15.2 Å². The highest BCUT2D eigenvalue weighted by atomic mass is 16.5. The van der Waals surface area contributed by atoms with Gasteiger partial charge in [-0.15, -0.1) is 0 Å². The van der Waals surface area contributed by atoms with E-state index < -0.39 is 0 Å². The van der Waals surface area contributed by atoms with Crippen molar-refractivity contribution in [1.29, 1.82) is 0 Å². The molecule has 2 N–H and O–H groups in total. The van der Waals surface area contributed by atoms with Crippen LogP contribution in [-0.4, -0.2) is 23.8 Å². The molecule has 0 saturated heterocycles. The van der Waals surface area contributed by atoms with E-state index in [1.54, 1.807) is 14.2 Å². The number of nitrogens with two attached hydrogens (primary N) is 1. The minimum Gasteiger partial charge on any atom is -0.497 e. The molecular weight excluding hydrogens is 242 g/mol. The number of methoxy groups -OCH3 is 2. The number of hydrogen-bond donors (Lipinski definition) is 1. The van der Waals surface area contributed by atoms with Crippen LogP contribution in [0.3, 0.4) is 0 Å². The molecule has 5 heteroatoms. The van der Waals surface area contributed by atoms with Gasteiger partial charge in [0, 0.05) is 19.7 Å². The zero-order valence-corrected chi connectivity index (χ0v) is 11.7. The van der Waals surface area contributed by atoms with Gasteiger partial charge in [0.1, 0.15) is 17.3 Å². The Bertz CT molecular complexity index is 591. The quantitative estimate of drug-likeness (QED) is 0.912. The Morgan fingerprint density at radius 2 is 2.00 bits per heavy atom. The smallest absolute Gasteiger partial charge is 0.143 e. The first-order valence-electron chi connectivity index (χ1n) is 6.07. The molecule has 0 aliphatic rings. The zero-order chi connectivity index (χ0) is 14.0. The molecule has 102 valence electrons. The molecule has 2 rings (SSSR count). The molecule has 2 aromatic rings. The Kier molecular flexibility index (Phi) is 3.76. The van der Waals surface area contributed by atoms with E-state index in [-0.39, 0.29) is 0 Å². The van der Waals surface area contributed by atoms with E-state index in [0.717, 1.165) is 34.3 Å². The summed E-state index contributed by atoms with van der Waals surface area (Å²) in [6.45, 7) is 2.43. The Balaban J connectivity index is 2.58. The largest absolute Gasteiger partial charge is 0.497 e. The lowest BCUT2D eigenvalue weighted by atomic mass is 10.1. The van der Waals surface area contributed by atoms with Crippen molar-refractivity contribution in [3.05, 3.63) is 29.6 Å². The van der Waals surface area contributed by atoms with E-state index in [1.807, 2.05) is 36.7 Å². The normalized spacial score (nSPS) is 10.6. The SMILES string of the molecule is COc1ccc(-c2nc(C)c(CN)n2C)c(OC)c1. The summed E-state index contributed by atoms with van der Waals surface area (Å²) in [7, 11) is 5.23. The van der Waals surface area contributed by atoms with Crippen LogP contribution in [0.4, 0.5) is 0 Å². The molecule has 0 radical (unpaired) electrons. The highest BCUT2D eigenvalue weighted by Gasteiger charge is 2.16. The van der Waals surface area contributed by atoms with Crippen LogP contribution >= 0.6 is 0 Å². The van der Waals surface area contributed by atoms with Gasteiger partial charge in [-0.25, -0.2) is 4.98 Å². The molecule has 0 atom stereocenters. The van der Waals surface area contributed by atoms with Gasteiger partial charge >= 0.3 is 0 Å². The molecule has 1 aromatic carbocycles. The van der Waals surface area contributed by atoms with Crippen molar-refractivity contribution in [1.82, 2.24) is 9.55 Å². The number of nitrogens with zero attached hydrogens (tertiary/aromatic N) is 2. The predicted molar refractivity (Wildman–Crippen MR) is 74.4 cm³/mol. The number of ether oxygens (including phenoxy) is 2. The average Bonchev–Trinajstić information content (AvgIpc) is 2.72. The van der Waals surface area contributed by atoms with E-state index >= 15 is 0 Å². The topological polar surface area (TPSA) is 62.3 Å². The highest BCUT2D eigenvalue weighted by Crippen LogP contribution is 2.33. The third-order valence-electron chi connectivity index (χ3n) is 3.26. The van der Waals surface area contributed by atoms with Crippen molar-refractivity contribution in [2.75, 3.05) is 14.2 Å². The molecule has 0 aliphatic heterocycles. The number of hydrogen-bond acceptors (Lipinski definition) is 4.